The van der Waals surface area contributed by atoms with Gasteiger partial charge >= 0.3 is 0 Å². The summed E-state index contributed by atoms with van der Waals surface area (Å²) in [4.78, 5) is 5.35. The van der Waals surface area contributed by atoms with Gasteiger partial charge in [0, 0.05) is 6.54 Å². The maximum Gasteiger partial charge on any atom is 0.0650 e. The molecule has 1 heterocycles. The Labute approximate surface area is 79.0 Å². The van der Waals surface area contributed by atoms with Crippen molar-refractivity contribution in [2.24, 2.45) is 4.99 Å². The van der Waals surface area contributed by atoms with Gasteiger partial charge in [-0.25, -0.2) is 0 Å². The van der Waals surface area contributed by atoms with Gasteiger partial charge in [0.25, 0.3) is 0 Å². The third-order valence-electron chi connectivity index (χ3n) is 1.64. The molecule has 1 nitrogen and oxygen atoms in total. The van der Waals surface area contributed by atoms with Gasteiger partial charge in [0.1, 0.15) is 0 Å². The first-order chi connectivity index (χ1) is 5.74. The first-order valence-corrected chi connectivity index (χ1v) is 4.43. The molecule has 0 atom stereocenters. The van der Waals surface area contributed by atoms with Crippen LogP contribution in [0.2, 0.25) is 0 Å². The summed E-state index contributed by atoms with van der Waals surface area (Å²) < 4.78 is 0. The number of allylic oxidation sites excluding steroid dienone is 4. The number of aliphatic imine (C=N–C) groups is 1. The van der Waals surface area contributed by atoms with Crippen LogP contribution in [0.25, 0.3) is 0 Å². The van der Waals surface area contributed by atoms with Crippen molar-refractivity contribution in [3.05, 3.63) is 35.3 Å². The van der Waals surface area contributed by atoms with Crippen molar-refractivity contribution in [2.75, 3.05) is 6.54 Å². The van der Waals surface area contributed by atoms with E-state index >= 15 is 0 Å². The normalized spacial score (nSPS) is 18.3. The number of thiol groups is 1. The van der Waals surface area contributed by atoms with E-state index in [4.69, 9.17) is 0 Å². The molecule has 0 fully saturated rings. The van der Waals surface area contributed by atoms with Crippen LogP contribution in [0.5, 0.6) is 0 Å². The molecule has 0 aromatic heterocycles. The van der Waals surface area contributed by atoms with E-state index in [9.17, 15) is 0 Å². The van der Waals surface area contributed by atoms with Crippen LogP contribution in [0.1, 0.15) is 13.3 Å². The lowest BCUT2D eigenvalue weighted by Gasteiger charge is -2.08. The zero-order valence-electron chi connectivity index (χ0n) is 7.25. The molecule has 0 aromatic rings. The predicted molar refractivity (Wildman–Crippen MR) is 57.9 cm³/mol. The molecule has 0 aromatic carbocycles. The van der Waals surface area contributed by atoms with Crippen molar-refractivity contribution < 1.29 is 0 Å². The summed E-state index contributed by atoms with van der Waals surface area (Å²) in [6.45, 7) is 6.56. The molecule has 1 aliphatic heterocycles. The topological polar surface area (TPSA) is 12.4 Å². The molecular weight excluding hydrogens is 166 g/mol. The van der Waals surface area contributed by atoms with Crippen molar-refractivity contribution in [3.8, 4) is 0 Å². The van der Waals surface area contributed by atoms with E-state index < -0.39 is 0 Å². The Morgan fingerprint density at radius 3 is 3.08 bits per heavy atom. The monoisotopic (exact) mass is 179 g/mol. The number of rotatable bonds is 2. The van der Waals surface area contributed by atoms with Gasteiger partial charge in [-0.3, -0.25) is 4.99 Å². The Bertz CT molecular complexity index is 268. The summed E-state index contributed by atoms with van der Waals surface area (Å²) in [5.41, 5.74) is 2.12. The second kappa shape index (κ2) is 4.31. The van der Waals surface area contributed by atoms with Crippen LogP contribution in [0, 0.1) is 0 Å². The van der Waals surface area contributed by atoms with E-state index in [1.807, 2.05) is 19.1 Å². The Balaban J connectivity index is 2.88. The summed E-state index contributed by atoms with van der Waals surface area (Å²) >= 11 is 4.21. The van der Waals surface area contributed by atoms with Crippen LogP contribution in [-0.4, -0.2) is 12.3 Å². The summed E-state index contributed by atoms with van der Waals surface area (Å²) in [5.74, 6) is 0. The van der Waals surface area contributed by atoms with Crippen molar-refractivity contribution in [3.63, 3.8) is 0 Å². The van der Waals surface area contributed by atoms with Crippen LogP contribution < -0.4 is 0 Å². The zero-order valence-corrected chi connectivity index (χ0v) is 8.14. The molecule has 1 rings (SSSR count). The van der Waals surface area contributed by atoms with E-state index in [2.05, 4.69) is 30.3 Å². The highest BCUT2D eigenvalue weighted by molar-refractivity contribution is 7.84. The smallest absolute Gasteiger partial charge is 0.0650 e. The molecule has 0 radical (unpaired) electrons. The standard InChI is InChI=1S/C10H13NS/c1-3-9-5-4-6-11-10(9)7-8(2)12/h3,5,7,12H,1,4,6H2,2H3/b8-7+. The number of hydrogen-bond acceptors (Lipinski definition) is 2. The largest absolute Gasteiger partial charge is 0.284 e. The fourth-order valence-corrected chi connectivity index (χ4v) is 1.24. The first kappa shape index (κ1) is 9.33. The second-order valence-electron chi connectivity index (χ2n) is 2.70. The van der Waals surface area contributed by atoms with E-state index in [0.717, 1.165) is 29.2 Å². The number of dihydropyridines is 1. The van der Waals surface area contributed by atoms with E-state index in [1.165, 1.54) is 0 Å². The SMILES string of the molecule is C=CC1=CCCN=C1/C=C(\C)S. The molecule has 64 valence electrons. The van der Waals surface area contributed by atoms with Gasteiger partial charge in [0.15, 0.2) is 0 Å². The molecular formula is C10H13NS. The fraction of sp³-hybridized carbons (Fsp3) is 0.300. The van der Waals surface area contributed by atoms with Gasteiger partial charge < -0.3 is 0 Å². The van der Waals surface area contributed by atoms with Gasteiger partial charge in [-0.05, 0) is 29.9 Å². The van der Waals surface area contributed by atoms with Crippen molar-refractivity contribution in [1.29, 1.82) is 0 Å². The van der Waals surface area contributed by atoms with Crippen LogP contribution in [-0.2, 0) is 0 Å². The first-order valence-electron chi connectivity index (χ1n) is 3.98. The van der Waals surface area contributed by atoms with Crippen molar-refractivity contribution in [1.82, 2.24) is 0 Å². The molecule has 0 saturated carbocycles. The second-order valence-corrected chi connectivity index (χ2v) is 3.41. The molecule has 0 N–H and O–H groups in total. The Morgan fingerprint density at radius 1 is 1.75 bits per heavy atom. The van der Waals surface area contributed by atoms with Crippen molar-refractivity contribution in [2.45, 2.75) is 13.3 Å². The average molecular weight is 179 g/mol. The molecule has 0 saturated heterocycles. The van der Waals surface area contributed by atoms with E-state index in [-0.39, 0.29) is 0 Å². The highest BCUT2D eigenvalue weighted by Crippen LogP contribution is 2.11. The van der Waals surface area contributed by atoms with Crippen LogP contribution in [0.15, 0.2) is 40.3 Å². The van der Waals surface area contributed by atoms with Crippen LogP contribution in [0.4, 0.5) is 0 Å². The average Bonchev–Trinajstić information content (AvgIpc) is 2.04. The quantitative estimate of drug-likeness (QED) is 0.626. The Kier molecular flexibility index (Phi) is 3.35. The minimum atomic E-state index is 0.879. The third-order valence-corrected chi connectivity index (χ3v) is 1.77. The Hall–Kier alpha value is -0.760. The van der Waals surface area contributed by atoms with E-state index in [1.54, 1.807) is 0 Å². The van der Waals surface area contributed by atoms with Gasteiger partial charge in [-0.15, -0.1) is 12.6 Å². The van der Waals surface area contributed by atoms with Gasteiger partial charge in [-0.1, -0.05) is 18.7 Å². The van der Waals surface area contributed by atoms with Gasteiger partial charge in [0.2, 0.25) is 0 Å². The highest BCUT2D eigenvalue weighted by Gasteiger charge is 2.03. The van der Waals surface area contributed by atoms with Gasteiger partial charge in [0.05, 0.1) is 5.71 Å². The minimum Gasteiger partial charge on any atom is -0.284 e. The summed E-state index contributed by atoms with van der Waals surface area (Å²) in [7, 11) is 0. The van der Waals surface area contributed by atoms with Crippen LogP contribution in [0.3, 0.4) is 0 Å². The summed E-state index contributed by atoms with van der Waals surface area (Å²) in [5, 5.41) is 0. The molecule has 0 bridgehead atoms. The molecule has 0 aliphatic carbocycles. The predicted octanol–water partition coefficient (Wildman–Crippen LogP) is 2.78. The van der Waals surface area contributed by atoms with Crippen LogP contribution >= 0.6 is 12.6 Å². The zero-order chi connectivity index (χ0) is 8.97. The lowest BCUT2D eigenvalue weighted by molar-refractivity contribution is 0.987. The van der Waals surface area contributed by atoms with Crippen molar-refractivity contribution >= 4 is 18.3 Å². The lowest BCUT2D eigenvalue weighted by Crippen LogP contribution is -2.03. The molecule has 0 unspecified atom stereocenters. The molecule has 0 spiro atoms. The summed E-state index contributed by atoms with van der Waals surface area (Å²) in [6.07, 6.45) is 6.98. The molecule has 0 amide bonds. The molecule has 2 heteroatoms. The number of hydrogen-bond donors (Lipinski definition) is 1. The third kappa shape index (κ3) is 2.38. The highest BCUT2D eigenvalue weighted by atomic mass is 32.1. The maximum absolute atomic E-state index is 4.37. The van der Waals surface area contributed by atoms with Gasteiger partial charge in [-0.2, -0.15) is 0 Å². The maximum atomic E-state index is 4.37. The molecule has 12 heavy (non-hydrogen) atoms. The number of nitrogens with zero attached hydrogens (tertiary/aromatic N) is 1. The van der Waals surface area contributed by atoms with E-state index in [0.29, 0.717) is 0 Å². The minimum absolute atomic E-state index is 0.879. The summed E-state index contributed by atoms with van der Waals surface area (Å²) in [6, 6.07) is 0. The fourth-order valence-electron chi connectivity index (χ4n) is 1.12. The lowest BCUT2D eigenvalue weighted by atomic mass is 10.1. The molecule has 1 aliphatic rings. The Morgan fingerprint density at radius 2 is 2.50 bits per heavy atom.